The average molecular weight is 383 g/mol. The lowest BCUT2D eigenvalue weighted by atomic mass is 10.2. The van der Waals surface area contributed by atoms with E-state index in [4.69, 9.17) is 9.47 Å². The Balaban J connectivity index is 1.43. The molecule has 0 spiro atoms. The van der Waals surface area contributed by atoms with Gasteiger partial charge in [0.15, 0.2) is 0 Å². The molecule has 8 heteroatoms. The smallest absolute Gasteiger partial charge is 0.272 e. The number of hydrogen-bond donors (Lipinski definition) is 0. The molecule has 2 aliphatic rings. The van der Waals surface area contributed by atoms with Gasteiger partial charge in [-0.3, -0.25) is 4.79 Å². The Hall–Kier alpha value is -2.87. The fourth-order valence-corrected chi connectivity index (χ4v) is 3.63. The maximum Gasteiger partial charge on any atom is 0.272 e. The number of morpholine rings is 1. The number of ether oxygens (including phenoxy) is 2. The quantitative estimate of drug-likeness (QED) is 0.788. The second kappa shape index (κ2) is 8.43. The van der Waals surface area contributed by atoms with Crippen molar-refractivity contribution in [3.8, 4) is 5.75 Å². The van der Waals surface area contributed by atoms with Crippen molar-refractivity contribution in [3.63, 3.8) is 0 Å². The Morgan fingerprint density at radius 1 is 1.00 bits per heavy atom. The second-order valence-electron chi connectivity index (χ2n) is 6.81. The van der Waals surface area contributed by atoms with Gasteiger partial charge in [0.05, 0.1) is 26.0 Å². The lowest BCUT2D eigenvalue weighted by Gasteiger charge is -2.37. The summed E-state index contributed by atoms with van der Waals surface area (Å²) in [5.74, 6) is 1.63. The number of para-hydroxylation sites is 2. The fourth-order valence-electron chi connectivity index (χ4n) is 3.63. The van der Waals surface area contributed by atoms with Crippen LogP contribution in [0.5, 0.6) is 5.75 Å². The molecule has 4 rings (SSSR count). The number of amides is 1. The van der Waals surface area contributed by atoms with Gasteiger partial charge in [0, 0.05) is 45.3 Å². The summed E-state index contributed by atoms with van der Waals surface area (Å²) < 4.78 is 10.8. The molecule has 1 aromatic heterocycles. The van der Waals surface area contributed by atoms with Crippen molar-refractivity contribution in [2.75, 3.05) is 69.4 Å². The van der Waals surface area contributed by atoms with E-state index in [2.05, 4.69) is 25.8 Å². The van der Waals surface area contributed by atoms with Crippen LogP contribution < -0.4 is 14.5 Å². The first kappa shape index (κ1) is 18.5. The lowest BCUT2D eigenvalue weighted by molar-refractivity contribution is 0.0299. The van der Waals surface area contributed by atoms with Gasteiger partial charge in [0.1, 0.15) is 23.6 Å². The van der Waals surface area contributed by atoms with Gasteiger partial charge in [-0.05, 0) is 12.1 Å². The van der Waals surface area contributed by atoms with Gasteiger partial charge in [-0.15, -0.1) is 0 Å². The van der Waals surface area contributed by atoms with Gasteiger partial charge in [0.2, 0.25) is 0 Å². The summed E-state index contributed by atoms with van der Waals surface area (Å²) in [6, 6.07) is 9.87. The zero-order valence-corrected chi connectivity index (χ0v) is 16.1. The molecule has 0 unspecified atom stereocenters. The first-order chi connectivity index (χ1) is 13.8. The van der Waals surface area contributed by atoms with Crippen molar-refractivity contribution >= 4 is 17.4 Å². The van der Waals surface area contributed by atoms with Gasteiger partial charge in [0.25, 0.3) is 5.91 Å². The SMILES string of the molecule is COc1ccccc1N1CCN(c2cc(C(=O)N3CCOCC3)ncn2)CC1. The molecule has 28 heavy (non-hydrogen) atoms. The van der Waals surface area contributed by atoms with E-state index in [9.17, 15) is 4.79 Å². The largest absolute Gasteiger partial charge is 0.495 e. The van der Waals surface area contributed by atoms with Crippen LogP contribution in [0, 0.1) is 0 Å². The Kier molecular flexibility index (Phi) is 5.57. The Morgan fingerprint density at radius 2 is 1.71 bits per heavy atom. The van der Waals surface area contributed by atoms with Crippen LogP contribution in [-0.4, -0.2) is 80.4 Å². The van der Waals surface area contributed by atoms with E-state index in [0.717, 1.165) is 43.4 Å². The number of methoxy groups -OCH3 is 1. The molecule has 0 atom stereocenters. The number of nitrogens with zero attached hydrogens (tertiary/aromatic N) is 5. The summed E-state index contributed by atoms with van der Waals surface area (Å²) in [4.78, 5) is 27.6. The van der Waals surface area contributed by atoms with Crippen LogP contribution in [0.4, 0.5) is 11.5 Å². The standard InChI is InChI=1S/C20H25N5O3/c1-27-18-5-3-2-4-17(18)23-6-8-24(9-7-23)19-14-16(21-15-22-19)20(26)25-10-12-28-13-11-25/h2-5,14-15H,6-13H2,1H3. The highest BCUT2D eigenvalue weighted by molar-refractivity contribution is 5.93. The van der Waals surface area contributed by atoms with E-state index < -0.39 is 0 Å². The summed E-state index contributed by atoms with van der Waals surface area (Å²) >= 11 is 0. The topological polar surface area (TPSA) is 71.0 Å². The number of piperazine rings is 1. The highest BCUT2D eigenvalue weighted by Gasteiger charge is 2.23. The predicted molar refractivity (Wildman–Crippen MR) is 106 cm³/mol. The lowest BCUT2D eigenvalue weighted by Crippen LogP contribution is -2.47. The molecule has 3 heterocycles. The molecule has 8 nitrogen and oxygen atoms in total. The molecule has 0 bridgehead atoms. The number of anilines is 2. The van der Waals surface area contributed by atoms with Crippen molar-refractivity contribution in [1.82, 2.24) is 14.9 Å². The molecule has 2 aromatic rings. The van der Waals surface area contributed by atoms with Crippen LogP contribution in [0.3, 0.4) is 0 Å². The summed E-state index contributed by atoms with van der Waals surface area (Å²) in [6.45, 7) is 5.73. The van der Waals surface area contributed by atoms with Crippen LogP contribution in [0.15, 0.2) is 36.7 Å². The number of benzene rings is 1. The highest BCUT2D eigenvalue weighted by Crippen LogP contribution is 2.29. The first-order valence-corrected chi connectivity index (χ1v) is 9.58. The summed E-state index contributed by atoms with van der Waals surface area (Å²) in [5.41, 5.74) is 1.55. The van der Waals surface area contributed by atoms with Gasteiger partial charge < -0.3 is 24.2 Å². The zero-order chi connectivity index (χ0) is 19.3. The van der Waals surface area contributed by atoms with Crippen LogP contribution in [0.1, 0.15) is 10.5 Å². The molecule has 1 aromatic carbocycles. The van der Waals surface area contributed by atoms with E-state index in [-0.39, 0.29) is 5.91 Å². The number of carbonyl (C=O) groups excluding carboxylic acids is 1. The van der Waals surface area contributed by atoms with E-state index in [1.54, 1.807) is 18.1 Å². The van der Waals surface area contributed by atoms with Crippen molar-refractivity contribution in [2.45, 2.75) is 0 Å². The molecule has 1 amide bonds. The third-order valence-electron chi connectivity index (χ3n) is 5.20. The summed E-state index contributed by atoms with van der Waals surface area (Å²) in [7, 11) is 1.70. The number of hydrogen-bond acceptors (Lipinski definition) is 7. The zero-order valence-electron chi connectivity index (χ0n) is 16.1. The summed E-state index contributed by atoms with van der Waals surface area (Å²) in [6.07, 6.45) is 1.48. The number of rotatable bonds is 4. The van der Waals surface area contributed by atoms with E-state index in [1.807, 2.05) is 18.2 Å². The molecule has 0 aliphatic carbocycles. The highest BCUT2D eigenvalue weighted by atomic mass is 16.5. The van der Waals surface area contributed by atoms with E-state index in [1.165, 1.54) is 6.33 Å². The molecule has 0 radical (unpaired) electrons. The van der Waals surface area contributed by atoms with Gasteiger partial charge in [-0.2, -0.15) is 0 Å². The van der Waals surface area contributed by atoms with Gasteiger partial charge in [-0.25, -0.2) is 9.97 Å². The van der Waals surface area contributed by atoms with Crippen LogP contribution in [0.2, 0.25) is 0 Å². The minimum Gasteiger partial charge on any atom is -0.495 e. The third kappa shape index (κ3) is 3.87. The number of aromatic nitrogens is 2. The third-order valence-corrected chi connectivity index (χ3v) is 5.20. The molecular formula is C20H25N5O3. The van der Waals surface area contributed by atoms with Crippen LogP contribution >= 0.6 is 0 Å². The molecule has 2 aliphatic heterocycles. The normalized spacial score (nSPS) is 17.5. The van der Waals surface area contributed by atoms with Crippen molar-refractivity contribution in [3.05, 3.63) is 42.4 Å². The maximum atomic E-state index is 12.7. The van der Waals surface area contributed by atoms with E-state index >= 15 is 0 Å². The van der Waals surface area contributed by atoms with Crippen molar-refractivity contribution < 1.29 is 14.3 Å². The minimum atomic E-state index is -0.0559. The molecule has 2 fully saturated rings. The minimum absolute atomic E-state index is 0.0559. The summed E-state index contributed by atoms with van der Waals surface area (Å²) in [5, 5.41) is 0. The Bertz CT molecular complexity index is 817. The monoisotopic (exact) mass is 383 g/mol. The molecule has 2 saturated heterocycles. The van der Waals surface area contributed by atoms with Gasteiger partial charge >= 0.3 is 0 Å². The molecule has 148 valence electrons. The van der Waals surface area contributed by atoms with Crippen LogP contribution in [0.25, 0.3) is 0 Å². The molecule has 0 saturated carbocycles. The predicted octanol–water partition coefficient (Wildman–Crippen LogP) is 1.28. The average Bonchev–Trinajstić information content (AvgIpc) is 2.79. The van der Waals surface area contributed by atoms with E-state index in [0.29, 0.717) is 32.0 Å². The van der Waals surface area contributed by atoms with Crippen molar-refractivity contribution in [1.29, 1.82) is 0 Å². The fraction of sp³-hybridized carbons (Fsp3) is 0.450. The maximum absolute atomic E-state index is 12.7. The Labute approximate surface area is 164 Å². The van der Waals surface area contributed by atoms with Gasteiger partial charge in [-0.1, -0.05) is 12.1 Å². The molecule has 0 N–H and O–H groups in total. The van der Waals surface area contributed by atoms with Crippen molar-refractivity contribution in [2.24, 2.45) is 0 Å². The second-order valence-corrected chi connectivity index (χ2v) is 6.81. The first-order valence-electron chi connectivity index (χ1n) is 9.58. The Morgan fingerprint density at radius 3 is 2.46 bits per heavy atom. The molecular weight excluding hydrogens is 358 g/mol. The number of carbonyl (C=O) groups is 1. The van der Waals surface area contributed by atoms with Crippen LogP contribution in [-0.2, 0) is 4.74 Å².